The Bertz CT molecular complexity index is 419. The molecule has 0 radical (unpaired) electrons. The molecule has 0 bridgehead atoms. The highest BCUT2D eigenvalue weighted by molar-refractivity contribution is 6.30. The van der Waals surface area contributed by atoms with Gasteiger partial charge in [0.05, 0.1) is 0 Å². The Morgan fingerprint density at radius 2 is 2.00 bits per heavy atom. The molecule has 2 atom stereocenters. The van der Waals surface area contributed by atoms with Gasteiger partial charge in [0, 0.05) is 11.1 Å². The van der Waals surface area contributed by atoms with Crippen molar-refractivity contribution in [3.8, 4) is 5.75 Å². The highest BCUT2D eigenvalue weighted by Gasteiger charge is 2.22. The van der Waals surface area contributed by atoms with Crippen LogP contribution < -0.4 is 10.1 Å². The van der Waals surface area contributed by atoms with E-state index in [-0.39, 0.29) is 12.5 Å². The van der Waals surface area contributed by atoms with E-state index in [0.717, 1.165) is 6.42 Å². The molecule has 2 rings (SSSR count). The number of hydrogen-bond acceptors (Lipinski definition) is 2. The van der Waals surface area contributed by atoms with Gasteiger partial charge in [-0.2, -0.15) is 0 Å². The second kappa shape index (κ2) is 6.80. The van der Waals surface area contributed by atoms with E-state index in [1.54, 1.807) is 24.3 Å². The lowest BCUT2D eigenvalue weighted by atomic mass is 9.86. The molecule has 1 aromatic carbocycles. The Balaban J connectivity index is 1.76. The fraction of sp³-hybridized carbons (Fsp3) is 0.533. The van der Waals surface area contributed by atoms with Crippen LogP contribution in [0.3, 0.4) is 0 Å². The molecule has 104 valence electrons. The summed E-state index contributed by atoms with van der Waals surface area (Å²) in [7, 11) is 0. The van der Waals surface area contributed by atoms with Gasteiger partial charge < -0.3 is 10.1 Å². The van der Waals surface area contributed by atoms with Gasteiger partial charge in [-0.1, -0.05) is 31.4 Å². The quantitative estimate of drug-likeness (QED) is 0.918. The third-order valence-electron chi connectivity index (χ3n) is 3.64. The van der Waals surface area contributed by atoms with Crippen molar-refractivity contribution >= 4 is 17.5 Å². The van der Waals surface area contributed by atoms with Crippen molar-refractivity contribution in [3.63, 3.8) is 0 Å². The summed E-state index contributed by atoms with van der Waals surface area (Å²) in [6, 6.07) is 7.32. The summed E-state index contributed by atoms with van der Waals surface area (Å²) in [5.74, 6) is 1.18. The molecule has 0 aliphatic heterocycles. The number of halogens is 1. The number of amides is 1. The molecule has 1 amide bonds. The smallest absolute Gasteiger partial charge is 0.258 e. The lowest BCUT2D eigenvalue weighted by molar-refractivity contribution is -0.124. The summed E-state index contributed by atoms with van der Waals surface area (Å²) in [4.78, 5) is 11.8. The number of benzene rings is 1. The first kappa shape index (κ1) is 14.2. The summed E-state index contributed by atoms with van der Waals surface area (Å²) >= 11 is 5.78. The van der Waals surface area contributed by atoms with E-state index in [4.69, 9.17) is 16.3 Å². The molecule has 1 saturated carbocycles. The van der Waals surface area contributed by atoms with Gasteiger partial charge in [-0.25, -0.2) is 0 Å². The average Bonchev–Trinajstić information content (AvgIpc) is 2.41. The molecule has 1 fully saturated rings. The Kier molecular flexibility index (Phi) is 5.08. The lowest BCUT2D eigenvalue weighted by Crippen LogP contribution is -2.43. The molecule has 0 saturated heterocycles. The Morgan fingerprint density at radius 1 is 1.32 bits per heavy atom. The number of carbonyl (C=O) groups excluding carboxylic acids is 1. The predicted octanol–water partition coefficient (Wildman–Crippen LogP) is 3.41. The fourth-order valence-corrected chi connectivity index (χ4v) is 2.58. The molecule has 0 unspecified atom stereocenters. The van der Waals surface area contributed by atoms with Crippen LogP contribution in [0, 0.1) is 5.92 Å². The summed E-state index contributed by atoms with van der Waals surface area (Å²) in [5.41, 5.74) is 0. The molecular weight excluding hydrogens is 262 g/mol. The number of nitrogens with one attached hydrogen (secondary N) is 1. The van der Waals surface area contributed by atoms with Gasteiger partial charge >= 0.3 is 0 Å². The van der Waals surface area contributed by atoms with E-state index < -0.39 is 0 Å². The van der Waals surface area contributed by atoms with Crippen LogP contribution in [0.15, 0.2) is 24.3 Å². The summed E-state index contributed by atoms with van der Waals surface area (Å²) in [5, 5.41) is 3.72. The molecular formula is C15H20ClNO2. The van der Waals surface area contributed by atoms with Gasteiger partial charge in [0.25, 0.3) is 5.91 Å². The zero-order valence-corrected chi connectivity index (χ0v) is 12.0. The van der Waals surface area contributed by atoms with Crippen LogP contribution in [-0.4, -0.2) is 18.6 Å². The minimum absolute atomic E-state index is 0.0475. The first-order valence-corrected chi connectivity index (χ1v) is 7.20. The molecule has 1 aromatic rings. The molecule has 1 aliphatic carbocycles. The van der Waals surface area contributed by atoms with Crippen LogP contribution >= 0.6 is 11.6 Å². The van der Waals surface area contributed by atoms with E-state index in [1.165, 1.54) is 19.3 Å². The van der Waals surface area contributed by atoms with Crippen molar-refractivity contribution in [2.75, 3.05) is 6.61 Å². The third-order valence-corrected chi connectivity index (χ3v) is 3.89. The average molecular weight is 282 g/mol. The van der Waals surface area contributed by atoms with Gasteiger partial charge in [-0.15, -0.1) is 0 Å². The summed E-state index contributed by atoms with van der Waals surface area (Å²) < 4.78 is 5.43. The van der Waals surface area contributed by atoms with E-state index in [2.05, 4.69) is 12.2 Å². The standard InChI is InChI=1S/C15H20ClNO2/c1-11-4-2-3-5-14(11)17-15(18)10-19-13-8-6-12(16)7-9-13/h6-9,11,14H,2-5,10H2,1H3,(H,17,18)/t11-,14+/m1/s1. The summed E-state index contributed by atoms with van der Waals surface area (Å²) in [6.07, 6.45) is 4.75. The van der Waals surface area contributed by atoms with E-state index in [9.17, 15) is 4.79 Å². The van der Waals surface area contributed by atoms with Crippen molar-refractivity contribution in [3.05, 3.63) is 29.3 Å². The Labute approximate surface area is 119 Å². The minimum Gasteiger partial charge on any atom is -0.484 e. The largest absolute Gasteiger partial charge is 0.484 e. The van der Waals surface area contributed by atoms with Crippen LogP contribution in [0.2, 0.25) is 5.02 Å². The monoisotopic (exact) mass is 281 g/mol. The third kappa shape index (κ3) is 4.43. The number of rotatable bonds is 4. The van der Waals surface area contributed by atoms with Crippen molar-refractivity contribution in [2.24, 2.45) is 5.92 Å². The van der Waals surface area contributed by atoms with Crippen molar-refractivity contribution in [2.45, 2.75) is 38.6 Å². The van der Waals surface area contributed by atoms with Crippen LogP contribution in [-0.2, 0) is 4.79 Å². The van der Waals surface area contributed by atoms with Gasteiger partial charge in [0.2, 0.25) is 0 Å². The first-order valence-electron chi connectivity index (χ1n) is 6.83. The molecule has 1 N–H and O–H groups in total. The lowest BCUT2D eigenvalue weighted by Gasteiger charge is -2.29. The van der Waals surface area contributed by atoms with Crippen LogP contribution in [0.4, 0.5) is 0 Å². The molecule has 4 heteroatoms. The normalized spacial score (nSPS) is 22.8. The first-order chi connectivity index (χ1) is 9.15. The molecule has 0 heterocycles. The number of carbonyl (C=O) groups is 1. The number of hydrogen-bond donors (Lipinski definition) is 1. The van der Waals surface area contributed by atoms with Crippen molar-refractivity contribution in [1.82, 2.24) is 5.32 Å². The molecule has 1 aliphatic rings. The van der Waals surface area contributed by atoms with Gasteiger partial charge in [0.1, 0.15) is 5.75 Å². The number of ether oxygens (including phenoxy) is 1. The Hall–Kier alpha value is -1.22. The molecule has 0 spiro atoms. The maximum absolute atomic E-state index is 11.8. The maximum Gasteiger partial charge on any atom is 0.258 e. The highest BCUT2D eigenvalue weighted by atomic mass is 35.5. The molecule has 0 aromatic heterocycles. The van der Waals surface area contributed by atoms with Crippen LogP contribution in [0.5, 0.6) is 5.75 Å². The predicted molar refractivity (Wildman–Crippen MR) is 76.5 cm³/mol. The van der Waals surface area contributed by atoms with Crippen LogP contribution in [0.1, 0.15) is 32.6 Å². The fourth-order valence-electron chi connectivity index (χ4n) is 2.46. The molecule has 3 nitrogen and oxygen atoms in total. The second-order valence-electron chi connectivity index (χ2n) is 5.18. The minimum atomic E-state index is -0.0475. The Morgan fingerprint density at radius 3 is 2.68 bits per heavy atom. The van der Waals surface area contributed by atoms with E-state index >= 15 is 0 Å². The van der Waals surface area contributed by atoms with Gasteiger partial charge in [0.15, 0.2) is 6.61 Å². The van der Waals surface area contributed by atoms with Gasteiger partial charge in [-0.3, -0.25) is 4.79 Å². The summed E-state index contributed by atoms with van der Waals surface area (Å²) in [6.45, 7) is 2.26. The van der Waals surface area contributed by atoms with Crippen LogP contribution in [0.25, 0.3) is 0 Å². The topological polar surface area (TPSA) is 38.3 Å². The highest BCUT2D eigenvalue weighted by Crippen LogP contribution is 2.23. The molecule has 19 heavy (non-hydrogen) atoms. The zero-order valence-electron chi connectivity index (χ0n) is 11.2. The maximum atomic E-state index is 11.8. The van der Waals surface area contributed by atoms with E-state index in [0.29, 0.717) is 22.7 Å². The van der Waals surface area contributed by atoms with E-state index in [1.807, 2.05) is 0 Å². The second-order valence-corrected chi connectivity index (χ2v) is 5.61. The van der Waals surface area contributed by atoms with Crippen molar-refractivity contribution in [1.29, 1.82) is 0 Å². The van der Waals surface area contributed by atoms with Gasteiger partial charge in [-0.05, 0) is 43.0 Å². The zero-order chi connectivity index (χ0) is 13.7. The SMILES string of the molecule is C[C@@H]1CCCC[C@@H]1NC(=O)COc1ccc(Cl)cc1. The van der Waals surface area contributed by atoms with Crippen molar-refractivity contribution < 1.29 is 9.53 Å².